The Labute approximate surface area is 152 Å². The molecule has 0 aliphatic rings. The van der Waals surface area contributed by atoms with E-state index in [1.165, 1.54) is 0 Å². The van der Waals surface area contributed by atoms with E-state index >= 15 is 0 Å². The van der Waals surface area contributed by atoms with Crippen LogP contribution < -0.4 is 5.32 Å². The van der Waals surface area contributed by atoms with Crippen molar-refractivity contribution >= 4 is 11.6 Å². The summed E-state index contributed by atoms with van der Waals surface area (Å²) in [5.41, 5.74) is 5.35. The Bertz CT molecular complexity index is 939. The number of aryl methyl sites for hydroxylation is 2. The predicted molar refractivity (Wildman–Crippen MR) is 100.0 cm³/mol. The average molecular weight is 353 g/mol. The summed E-state index contributed by atoms with van der Waals surface area (Å²) in [6.45, 7) is 4.47. The summed E-state index contributed by atoms with van der Waals surface area (Å²) in [5.74, 6) is 0.689. The van der Waals surface area contributed by atoms with Crippen molar-refractivity contribution in [3.05, 3.63) is 53.0 Å². The van der Waals surface area contributed by atoms with Crippen molar-refractivity contribution in [3.8, 4) is 11.3 Å². The fourth-order valence-electron chi connectivity index (χ4n) is 2.66. The summed E-state index contributed by atoms with van der Waals surface area (Å²) in [5, 5.41) is 11.7. The second-order valence-electron chi connectivity index (χ2n) is 6.53. The standard InChI is InChI=1S/C19H23N5O2/c1-12-6-7-14(19(25)23(3)4)8-17(12)20-10-15-9-18(22-26-15)16-11-21-24(5)13(16)2/h6-9,11,20H,10H2,1-5H3. The molecule has 0 bridgehead atoms. The molecule has 0 saturated heterocycles. The summed E-state index contributed by atoms with van der Waals surface area (Å²) < 4.78 is 7.24. The molecule has 2 aromatic heterocycles. The van der Waals surface area contributed by atoms with Crippen LogP contribution in [-0.2, 0) is 13.6 Å². The molecule has 0 aliphatic carbocycles. The molecule has 3 aromatic rings. The Hall–Kier alpha value is -3.09. The minimum absolute atomic E-state index is 0.0259. The van der Waals surface area contributed by atoms with E-state index in [9.17, 15) is 4.79 Å². The van der Waals surface area contributed by atoms with E-state index in [0.717, 1.165) is 28.2 Å². The lowest BCUT2D eigenvalue weighted by atomic mass is 10.1. The van der Waals surface area contributed by atoms with Crippen LogP contribution in [0.5, 0.6) is 0 Å². The maximum atomic E-state index is 12.1. The van der Waals surface area contributed by atoms with Crippen LogP contribution >= 0.6 is 0 Å². The molecule has 26 heavy (non-hydrogen) atoms. The van der Waals surface area contributed by atoms with Crippen LogP contribution in [0.3, 0.4) is 0 Å². The van der Waals surface area contributed by atoms with Crippen molar-refractivity contribution in [3.63, 3.8) is 0 Å². The molecule has 7 heteroatoms. The summed E-state index contributed by atoms with van der Waals surface area (Å²) in [6.07, 6.45) is 1.78. The largest absolute Gasteiger partial charge is 0.377 e. The molecule has 1 N–H and O–H groups in total. The molecule has 0 radical (unpaired) electrons. The van der Waals surface area contributed by atoms with Crippen molar-refractivity contribution in [2.75, 3.05) is 19.4 Å². The zero-order valence-electron chi connectivity index (χ0n) is 15.7. The van der Waals surface area contributed by atoms with E-state index in [1.807, 2.05) is 45.2 Å². The quantitative estimate of drug-likeness (QED) is 0.763. The van der Waals surface area contributed by atoms with Crippen LogP contribution in [0.15, 0.2) is 35.0 Å². The van der Waals surface area contributed by atoms with Crippen LogP contribution in [0.25, 0.3) is 11.3 Å². The molecule has 7 nitrogen and oxygen atoms in total. The van der Waals surface area contributed by atoms with Gasteiger partial charge in [0.25, 0.3) is 5.91 Å². The highest BCUT2D eigenvalue weighted by Crippen LogP contribution is 2.23. The van der Waals surface area contributed by atoms with Crippen molar-refractivity contribution in [1.29, 1.82) is 0 Å². The van der Waals surface area contributed by atoms with Crippen molar-refractivity contribution in [2.24, 2.45) is 7.05 Å². The number of hydrogen-bond donors (Lipinski definition) is 1. The van der Waals surface area contributed by atoms with E-state index in [4.69, 9.17) is 4.52 Å². The molecule has 1 amide bonds. The monoisotopic (exact) mass is 353 g/mol. The molecule has 0 aliphatic heterocycles. The third-order valence-corrected chi connectivity index (χ3v) is 4.41. The summed E-state index contributed by atoms with van der Waals surface area (Å²) in [4.78, 5) is 13.7. The number of nitrogens with one attached hydrogen (secondary N) is 1. The molecule has 0 atom stereocenters. The lowest BCUT2D eigenvalue weighted by Crippen LogP contribution is -2.21. The second kappa shape index (κ2) is 7.03. The van der Waals surface area contributed by atoms with Gasteiger partial charge in [0.1, 0.15) is 5.69 Å². The van der Waals surface area contributed by atoms with Gasteiger partial charge in [-0.2, -0.15) is 5.10 Å². The van der Waals surface area contributed by atoms with Gasteiger partial charge in [0.15, 0.2) is 5.76 Å². The highest BCUT2D eigenvalue weighted by molar-refractivity contribution is 5.95. The molecule has 0 fully saturated rings. The summed E-state index contributed by atoms with van der Waals surface area (Å²) in [6, 6.07) is 7.53. The molecular weight excluding hydrogens is 330 g/mol. The summed E-state index contributed by atoms with van der Waals surface area (Å²) >= 11 is 0. The fraction of sp³-hybridized carbons (Fsp3) is 0.316. The van der Waals surface area contributed by atoms with Crippen LogP contribution in [0.1, 0.15) is 27.4 Å². The van der Waals surface area contributed by atoms with Crippen molar-refractivity contribution < 1.29 is 9.32 Å². The number of hydrogen-bond acceptors (Lipinski definition) is 5. The van der Waals surface area contributed by atoms with Gasteiger partial charge in [0.05, 0.1) is 12.7 Å². The smallest absolute Gasteiger partial charge is 0.253 e. The van der Waals surface area contributed by atoms with E-state index in [2.05, 4.69) is 15.6 Å². The lowest BCUT2D eigenvalue weighted by Gasteiger charge is -2.13. The van der Waals surface area contributed by atoms with Gasteiger partial charge in [-0.1, -0.05) is 11.2 Å². The van der Waals surface area contributed by atoms with E-state index in [1.54, 1.807) is 29.9 Å². The highest BCUT2D eigenvalue weighted by Gasteiger charge is 2.13. The summed E-state index contributed by atoms with van der Waals surface area (Å²) in [7, 11) is 5.38. The van der Waals surface area contributed by atoms with E-state index < -0.39 is 0 Å². The first-order valence-electron chi connectivity index (χ1n) is 8.37. The SMILES string of the molecule is Cc1ccc(C(=O)N(C)C)cc1NCc1cc(-c2cnn(C)c2C)no1. The Balaban J connectivity index is 1.75. The van der Waals surface area contributed by atoms with Crippen LogP contribution in [0, 0.1) is 13.8 Å². The lowest BCUT2D eigenvalue weighted by molar-refractivity contribution is 0.0827. The van der Waals surface area contributed by atoms with Gasteiger partial charge in [-0.25, -0.2) is 0 Å². The topological polar surface area (TPSA) is 76.2 Å². The molecule has 1 aromatic carbocycles. The Kier molecular flexibility index (Phi) is 4.79. The van der Waals surface area contributed by atoms with Gasteiger partial charge in [0, 0.05) is 49.7 Å². The first kappa shape index (κ1) is 17.7. The molecule has 3 rings (SSSR count). The highest BCUT2D eigenvalue weighted by atomic mass is 16.5. The van der Waals surface area contributed by atoms with Crippen molar-refractivity contribution in [1.82, 2.24) is 19.8 Å². The normalized spacial score (nSPS) is 10.8. The van der Waals surface area contributed by atoms with Gasteiger partial charge in [-0.05, 0) is 31.5 Å². The molecule has 0 saturated carbocycles. The number of aromatic nitrogens is 3. The number of nitrogens with zero attached hydrogens (tertiary/aromatic N) is 4. The number of benzene rings is 1. The predicted octanol–water partition coefficient (Wildman–Crippen LogP) is 3.01. The van der Waals surface area contributed by atoms with Gasteiger partial charge in [-0.15, -0.1) is 0 Å². The molecule has 2 heterocycles. The minimum Gasteiger partial charge on any atom is -0.377 e. The number of carbonyl (C=O) groups is 1. The number of anilines is 1. The first-order valence-corrected chi connectivity index (χ1v) is 8.37. The Morgan fingerprint density at radius 2 is 2.04 bits per heavy atom. The molecule has 0 spiro atoms. The third kappa shape index (κ3) is 3.46. The fourth-order valence-corrected chi connectivity index (χ4v) is 2.66. The third-order valence-electron chi connectivity index (χ3n) is 4.41. The molecular formula is C19H23N5O2. The first-order chi connectivity index (χ1) is 12.4. The van der Waals surface area contributed by atoms with E-state index in [0.29, 0.717) is 17.9 Å². The maximum absolute atomic E-state index is 12.1. The van der Waals surface area contributed by atoms with Gasteiger partial charge >= 0.3 is 0 Å². The minimum atomic E-state index is -0.0259. The second-order valence-corrected chi connectivity index (χ2v) is 6.53. The molecule has 136 valence electrons. The van der Waals surface area contributed by atoms with Gasteiger partial charge in [-0.3, -0.25) is 9.48 Å². The average Bonchev–Trinajstić information content (AvgIpc) is 3.21. The van der Waals surface area contributed by atoms with Crippen LogP contribution in [-0.4, -0.2) is 39.8 Å². The number of carbonyl (C=O) groups excluding carboxylic acids is 1. The van der Waals surface area contributed by atoms with Crippen LogP contribution in [0.2, 0.25) is 0 Å². The van der Waals surface area contributed by atoms with Gasteiger partial charge in [0.2, 0.25) is 0 Å². The van der Waals surface area contributed by atoms with Crippen LogP contribution in [0.4, 0.5) is 5.69 Å². The number of rotatable bonds is 5. The van der Waals surface area contributed by atoms with Gasteiger partial charge < -0.3 is 14.7 Å². The molecule has 0 unspecified atom stereocenters. The van der Waals surface area contributed by atoms with Crippen molar-refractivity contribution in [2.45, 2.75) is 20.4 Å². The van der Waals surface area contributed by atoms with E-state index in [-0.39, 0.29) is 5.91 Å². The Morgan fingerprint density at radius 3 is 2.69 bits per heavy atom. The zero-order valence-corrected chi connectivity index (χ0v) is 15.7. The zero-order chi connectivity index (χ0) is 18.8. The number of amides is 1. The maximum Gasteiger partial charge on any atom is 0.253 e. The Morgan fingerprint density at radius 1 is 1.27 bits per heavy atom.